The Morgan fingerprint density at radius 2 is 2.27 bits per heavy atom. The first kappa shape index (κ1) is 8.20. The third kappa shape index (κ3) is 2.31. The van der Waals surface area contributed by atoms with Crippen LogP contribution in [-0.4, -0.2) is 21.0 Å². The minimum atomic E-state index is 0.164. The summed E-state index contributed by atoms with van der Waals surface area (Å²) in [5.41, 5.74) is 5.82. The molecular formula is C7H14N4. The predicted molar refractivity (Wildman–Crippen MR) is 42.8 cm³/mol. The minimum Gasteiger partial charge on any atom is -0.326 e. The molecule has 0 spiro atoms. The van der Waals surface area contributed by atoms with Crippen molar-refractivity contribution in [1.29, 1.82) is 0 Å². The standard InChI is InChI=1S/C7H14N4/c1-6(2)7(8)5-11-4-3-9-10-11/h3-4,6-7H,5,8H2,1-2H3/t7-/m1/s1. The minimum absolute atomic E-state index is 0.164. The van der Waals surface area contributed by atoms with Gasteiger partial charge in [-0.2, -0.15) is 0 Å². The van der Waals surface area contributed by atoms with Crippen LogP contribution in [0.3, 0.4) is 0 Å². The second-order valence-corrected chi connectivity index (χ2v) is 3.03. The second kappa shape index (κ2) is 3.48. The molecule has 0 saturated heterocycles. The third-order valence-electron chi connectivity index (χ3n) is 1.73. The number of hydrogen-bond donors (Lipinski definition) is 1. The molecule has 2 N–H and O–H groups in total. The highest BCUT2D eigenvalue weighted by Gasteiger charge is 2.07. The molecule has 0 amide bonds. The molecule has 0 fully saturated rings. The van der Waals surface area contributed by atoms with Crippen molar-refractivity contribution in [3.63, 3.8) is 0 Å². The number of hydrogen-bond acceptors (Lipinski definition) is 3. The summed E-state index contributed by atoms with van der Waals surface area (Å²) in [6, 6.07) is 0.164. The average Bonchev–Trinajstić information content (AvgIpc) is 2.39. The van der Waals surface area contributed by atoms with E-state index in [9.17, 15) is 0 Å². The van der Waals surface area contributed by atoms with Crippen molar-refractivity contribution in [2.24, 2.45) is 11.7 Å². The van der Waals surface area contributed by atoms with Gasteiger partial charge in [0.25, 0.3) is 0 Å². The van der Waals surface area contributed by atoms with Crippen LogP contribution in [0.2, 0.25) is 0 Å². The van der Waals surface area contributed by atoms with E-state index in [2.05, 4.69) is 24.2 Å². The highest BCUT2D eigenvalue weighted by molar-refractivity contribution is 4.70. The molecule has 1 heterocycles. The molecule has 0 aliphatic carbocycles. The second-order valence-electron chi connectivity index (χ2n) is 3.03. The first-order chi connectivity index (χ1) is 5.20. The van der Waals surface area contributed by atoms with Crippen LogP contribution >= 0.6 is 0 Å². The summed E-state index contributed by atoms with van der Waals surface area (Å²) in [7, 11) is 0. The van der Waals surface area contributed by atoms with Crippen molar-refractivity contribution in [2.75, 3.05) is 0 Å². The van der Waals surface area contributed by atoms with Crippen molar-refractivity contribution >= 4 is 0 Å². The van der Waals surface area contributed by atoms with Gasteiger partial charge in [-0.05, 0) is 5.92 Å². The van der Waals surface area contributed by atoms with Crippen LogP contribution in [0.5, 0.6) is 0 Å². The lowest BCUT2D eigenvalue weighted by Gasteiger charge is -2.14. The number of nitrogens with two attached hydrogens (primary N) is 1. The summed E-state index contributed by atoms with van der Waals surface area (Å²) >= 11 is 0. The maximum absolute atomic E-state index is 5.82. The predicted octanol–water partition coefficient (Wildman–Crippen LogP) is 0.261. The van der Waals surface area contributed by atoms with Crippen molar-refractivity contribution < 1.29 is 0 Å². The van der Waals surface area contributed by atoms with Gasteiger partial charge < -0.3 is 5.73 Å². The molecule has 1 aromatic rings. The van der Waals surface area contributed by atoms with Gasteiger partial charge in [-0.15, -0.1) is 5.10 Å². The van der Waals surface area contributed by atoms with Gasteiger partial charge in [0.1, 0.15) is 0 Å². The molecule has 0 aromatic carbocycles. The maximum Gasteiger partial charge on any atom is 0.0692 e. The molecule has 0 unspecified atom stereocenters. The fourth-order valence-electron chi connectivity index (χ4n) is 0.757. The summed E-state index contributed by atoms with van der Waals surface area (Å²) in [5, 5.41) is 7.52. The van der Waals surface area contributed by atoms with Gasteiger partial charge in [0, 0.05) is 12.2 Å². The molecule has 0 bridgehead atoms. The zero-order chi connectivity index (χ0) is 8.27. The van der Waals surface area contributed by atoms with E-state index < -0.39 is 0 Å². The molecule has 0 radical (unpaired) electrons. The Balaban J connectivity index is 2.43. The fourth-order valence-corrected chi connectivity index (χ4v) is 0.757. The monoisotopic (exact) mass is 154 g/mol. The summed E-state index contributed by atoms with van der Waals surface area (Å²) in [6.45, 7) is 4.95. The Kier molecular flexibility index (Phi) is 2.59. The van der Waals surface area contributed by atoms with Crippen molar-refractivity contribution in [3.05, 3.63) is 12.4 Å². The summed E-state index contributed by atoms with van der Waals surface area (Å²) in [4.78, 5) is 0. The lowest BCUT2D eigenvalue weighted by molar-refractivity contribution is 0.408. The van der Waals surface area contributed by atoms with Gasteiger partial charge in [-0.3, -0.25) is 4.68 Å². The lowest BCUT2D eigenvalue weighted by Crippen LogP contribution is -2.31. The normalized spacial score (nSPS) is 13.8. The Labute approximate surface area is 66.4 Å². The Hall–Kier alpha value is -0.900. The van der Waals surface area contributed by atoms with Gasteiger partial charge in [-0.25, -0.2) is 0 Å². The molecule has 0 saturated carbocycles. The van der Waals surface area contributed by atoms with Crippen LogP contribution in [-0.2, 0) is 6.54 Å². The highest BCUT2D eigenvalue weighted by atomic mass is 15.4. The summed E-state index contributed by atoms with van der Waals surface area (Å²) in [5.74, 6) is 0.485. The molecule has 0 aliphatic rings. The van der Waals surface area contributed by atoms with E-state index in [4.69, 9.17) is 5.73 Å². The highest BCUT2D eigenvalue weighted by Crippen LogP contribution is 1.99. The van der Waals surface area contributed by atoms with Crippen molar-refractivity contribution in [1.82, 2.24) is 15.0 Å². The molecular weight excluding hydrogens is 140 g/mol. The van der Waals surface area contributed by atoms with E-state index in [1.807, 2.05) is 6.20 Å². The van der Waals surface area contributed by atoms with E-state index >= 15 is 0 Å². The van der Waals surface area contributed by atoms with Gasteiger partial charge >= 0.3 is 0 Å². The number of aromatic nitrogens is 3. The first-order valence-corrected chi connectivity index (χ1v) is 3.80. The molecule has 1 atom stereocenters. The summed E-state index contributed by atoms with van der Waals surface area (Å²) < 4.78 is 1.75. The van der Waals surface area contributed by atoms with Gasteiger partial charge in [0.15, 0.2) is 0 Å². The smallest absolute Gasteiger partial charge is 0.0692 e. The molecule has 4 nitrogen and oxygen atoms in total. The van der Waals surface area contributed by atoms with Gasteiger partial charge in [0.2, 0.25) is 0 Å². The zero-order valence-corrected chi connectivity index (χ0v) is 6.94. The average molecular weight is 154 g/mol. The van der Waals surface area contributed by atoms with Crippen LogP contribution in [0.15, 0.2) is 12.4 Å². The van der Waals surface area contributed by atoms with Crippen LogP contribution in [0.25, 0.3) is 0 Å². The van der Waals surface area contributed by atoms with Crippen molar-refractivity contribution in [2.45, 2.75) is 26.4 Å². The van der Waals surface area contributed by atoms with Crippen molar-refractivity contribution in [3.8, 4) is 0 Å². The Bertz CT molecular complexity index is 192. The third-order valence-corrected chi connectivity index (χ3v) is 1.73. The number of rotatable bonds is 3. The van der Waals surface area contributed by atoms with E-state index in [1.165, 1.54) is 0 Å². The van der Waals surface area contributed by atoms with Crippen LogP contribution in [0.4, 0.5) is 0 Å². The lowest BCUT2D eigenvalue weighted by atomic mass is 10.1. The van der Waals surface area contributed by atoms with E-state index in [1.54, 1.807) is 10.9 Å². The Morgan fingerprint density at radius 3 is 2.73 bits per heavy atom. The first-order valence-electron chi connectivity index (χ1n) is 3.80. The van der Waals surface area contributed by atoms with Gasteiger partial charge in [0.05, 0.1) is 12.7 Å². The molecule has 62 valence electrons. The molecule has 4 heteroatoms. The molecule has 1 rings (SSSR count). The van der Waals surface area contributed by atoms with E-state index in [0.717, 1.165) is 6.54 Å². The SMILES string of the molecule is CC(C)[C@H](N)Cn1ccnn1. The largest absolute Gasteiger partial charge is 0.326 e. The topological polar surface area (TPSA) is 56.7 Å². The van der Waals surface area contributed by atoms with E-state index in [-0.39, 0.29) is 6.04 Å². The fraction of sp³-hybridized carbons (Fsp3) is 0.714. The zero-order valence-electron chi connectivity index (χ0n) is 6.94. The van der Waals surface area contributed by atoms with Crippen LogP contribution in [0, 0.1) is 5.92 Å². The number of nitrogens with zero attached hydrogens (tertiary/aromatic N) is 3. The van der Waals surface area contributed by atoms with Crippen LogP contribution in [0.1, 0.15) is 13.8 Å². The van der Waals surface area contributed by atoms with Gasteiger partial charge in [-0.1, -0.05) is 19.1 Å². The quantitative estimate of drug-likeness (QED) is 0.679. The molecule has 0 aliphatic heterocycles. The molecule has 1 aromatic heterocycles. The Morgan fingerprint density at radius 1 is 1.55 bits per heavy atom. The van der Waals surface area contributed by atoms with E-state index in [0.29, 0.717) is 5.92 Å². The van der Waals surface area contributed by atoms with Crippen LogP contribution < -0.4 is 5.73 Å². The maximum atomic E-state index is 5.82. The summed E-state index contributed by atoms with van der Waals surface area (Å²) in [6.07, 6.45) is 3.48. The molecule has 11 heavy (non-hydrogen) atoms.